The van der Waals surface area contributed by atoms with Crippen molar-refractivity contribution < 1.29 is 8.42 Å². The quantitative estimate of drug-likeness (QED) is 0.790. The molecule has 0 aliphatic heterocycles. The van der Waals surface area contributed by atoms with Gasteiger partial charge in [-0.15, -0.1) is 0 Å². The summed E-state index contributed by atoms with van der Waals surface area (Å²) >= 11 is 0. The van der Waals surface area contributed by atoms with Crippen LogP contribution in [0.5, 0.6) is 0 Å². The van der Waals surface area contributed by atoms with Crippen LogP contribution in [0.4, 0.5) is 0 Å². The van der Waals surface area contributed by atoms with Crippen LogP contribution in [-0.2, 0) is 9.84 Å². The van der Waals surface area contributed by atoms with Gasteiger partial charge in [-0.05, 0) is 26.0 Å². The Morgan fingerprint density at radius 2 is 2.25 bits per heavy atom. The molecule has 1 aromatic heterocycles. The Hall–Kier alpha value is -1.01. The average molecular weight is 243 g/mol. The maximum Gasteiger partial charge on any atom is 0.147 e. The molecular weight excluding hydrogens is 226 g/mol. The molecule has 0 spiro atoms. The first-order valence-electron chi connectivity index (χ1n) is 5.14. The number of hydrogen-bond acceptors (Lipinski definition) is 5. The molecule has 5 nitrogen and oxygen atoms in total. The van der Waals surface area contributed by atoms with Crippen LogP contribution in [0.25, 0.3) is 0 Å². The zero-order chi connectivity index (χ0) is 12.0. The van der Waals surface area contributed by atoms with Crippen molar-refractivity contribution in [1.29, 1.82) is 0 Å². The Morgan fingerprint density at radius 1 is 1.50 bits per heavy atom. The Labute approximate surface area is 96.2 Å². The van der Waals surface area contributed by atoms with Crippen LogP contribution in [0, 0.1) is 0 Å². The molecule has 6 heteroatoms. The van der Waals surface area contributed by atoms with E-state index in [0.29, 0.717) is 6.42 Å². The third-order valence-corrected chi connectivity index (χ3v) is 3.35. The van der Waals surface area contributed by atoms with E-state index in [1.807, 2.05) is 13.1 Å². The van der Waals surface area contributed by atoms with Gasteiger partial charge < -0.3 is 5.32 Å². The maximum atomic E-state index is 11.0. The van der Waals surface area contributed by atoms with E-state index in [4.69, 9.17) is 0 Å². The average Bonchev–Trinajstić information content (AvgIpc) is 2.24. The van der Waals surface area contributed by atoms with Gasteiger partial charge in [0.1, 0.15) is 16.2 Å². The minimum Gasteiger partial charge on any atom is -0.312 e. The summed E-state index contributed by atoms with van der Waals surface area (Å²) < 4.78 is 22.0. The van der Waals surface area contributed by atoms with E-state index in [1.54, 1.807) is 6.20 Å². The van der Waals surface area contributed by atoms with Crippen LogP contribution in [-0.4, -0.2) is 37.4 Å². The highest BCUT2D eigenvalue weighted by Crippen LogP contribution is 2.15. The normalized spacial score (nSPS) is 13.6. The molecule has 0 aliphatic rings. The van der Waals surface area contributed by atoms with Crippen molar-refractivity contribution in [2.45, 2.75) is 18.9 Å². The summed E-state index contributed by atoms with van der Waals surface area (Å²) in [5.41, 5.74) is 0.894. The molecule has 0 saturated carbocycles. The molecule has 0 aliphatic carbocycles. The SMILES string of the molecule is CNC(CCCS(C)(=O)=O)c1ccncn1. The van der Waals surface area contributed by atoms with Gasteiger partial charge in [-0.25, -0.2) is 18.4 Å². The Bertz CT molecular complexity index is 405. The number of sulfone groups is 1. The highest BCUT2D eigenvalue weighted by Gasteiger charge is 2.11. The molecule has 1 unspecified atom stereocenters. The summed E-state index contributed by atoms with van der Waals surface area (Å²) in [6.07, 6.45) is 5.82. The largest absolute Gasteiger partial charge is 0.312 e. The number of nitrogens with zero attached hydrogens (tertiary/aromatic N) is 2. The fourth-order valence-electron chi connectivity index (χ4n) is 1.50. The third kappa shape index (κ3) is 4.67. The Balaban J connectivity index is 2.51. The van der Waals surface area contributed by atoms with Crippen LogP contribution in [0.3, 0.4) is 0 Å². The second-order valence-corrected chi connectivity index (χ2v) is 6.01. The van der Waals surface area contributed by atoms with Gasteiger partial charge in [-0.1, -0.05) is 0 Å². The topological polar surface area (TPSA) is 72.0 Å². The molecule has 90 valence electrons. The van der Waals surface area contributed by atoms with Crippen LogP contribution < -0.4 is 5.32 Å². The number of hydrogen-bond donors (Lipinski definition) is 1. The summed E-state index contributed by atoms with van der Waals surface area (Å²) in [5.74, 6) is 0.219. The van der Waals surface area contributed by atoms with Gasteiger partial charge >= 0.3 is 0 Å². The van der Waals surface area contributed by atoms with E-state index in [1.165, 1.54) is 12.6 Å². The summed E-state index contributed by atoms with van der Waals surface area (Å²) in [5, 5.41) is 3.12. The zero-order valence-corrected chi connectivity index (χ0v) is 10.4. The maximum absolute atomic E-state index is 11.0. The van der Waals surface area contributed by atoms with Crippen molar-refractivity contribution in [2.24, 2.45) is 0 Å². The predicted octanol–water partition coefficient (Wildman–Crippen LogP) is 0.562. The van der Waals surface area contributed by atoms with Crippen molar-refractivity contribution in [3.8, 4) is 0 Å². The van der Waals surface area contributed by atoms with Crippen LogP contribution in [0.2, 0.25) is 0 Å². The first-order chi connectivity index (χ1) is 7.53. The molecule has 1 aromatic rings. The van der Waals surface area contributed by atoms with E-state index in [2.05, 4.69) is 15.3 Å². The van der Waals surface area contributed by atoms with Crippen molar-refractivity contribution in [3.05, 3.63) is 24.3 Å². The number of rotatable bonds is 6. The Morgan fingerprint density at radius 3 is 2.75 bits per heavy atom. The van der Waals surface area contributed by atoms with Gasteiger partial charge in [0.15, 0.2) is 0 Å². The summed E-state index contributed by atoms with van der Waals surface area (Å²) in [7, 11) is -1.03. The summed E-state index contributed by atoms with van der Waals surface area (Å²) in [6.45, 7) is 0. The summed E-state index contributed by atoms with van der Waals surface area (Å²) in [4.78, 5) is 7.99. The van der Waals surface area contributed by atoms with Gasteiger partial charge in [0.05, 0.1) is 5.69 Å². The summed E-state index contributed by atoms with van der Waals surface area (Å²) in [6, 6.07) is 1.92. The van der Waals surface area contributed by atoms with Crippen molar-refractivity contribution in [1.82, 2.24) is 15.3 Å². The van der Waals surface area contributed by atoms with Gasteiger partial charge in [-0.2, -0.15) is 0 Å². The molecular formula is C10H17N3O2S. The van der Waals surface area contributed by atoms with Crippen LogP contribution in [0.1, 0.15) is 24.6 Å². The molecule has 1 rings (SSSR count). The fraction of sp³-hybridized carbons (Fsp3) is 0.600. The lowest BCUT2D eigenvalue weighted by molar-refractivity contribution is 0.523. The van der Waals surface area contributed by atoms with Crippen molar-refractivity contribution in [2.75, 3.05) is 19.1 Å². The second-order valence-electron chi connectivity index (χ2n) is 3.75. The minimum absolute atomic E-state index is 0.0877. The van der Waals surface area contributed by atoms with Crippen LogP contribution >= 0.6 is 0 Å². The van der Waals surface area contributed by atoms with Gasteiger partial charge in [0.25, 0.3) is 0 Å². The van der Waals surface area contributed by atoms with Crippen molar-refractivity contribution in [3.63, 3.8) is 0 Å². The monoisotopic (exact) mass is 243 g/mol. The lowest BCUT2D eigenvalue weighted by Gasteiger charge is -2.14. The number of nitrogens with one attached hydrogen (secondary N) is 1. The molecule has 0 saturated heterocycles. The predicted molar refractivity (Wildman–Crippen MR) is 62.8 cm³/mol. The van der Waals surface area contributed by atoms with Gasteiger partial charge in [0.2, 0.25) is 0 Å². The highest BCUT2D eigenvalue weighted by molar-refractivity contribution is 7.90. The van der Waals surface area contributed by atoms with E-state index in [9.17, 15) is 8.42 Å². The van der Waals surface area contributed by atoms with E-state index in [0.717, 1.165) is 12.1 Å². The van der Waals surface area contributed by atoms with Gasteiger partial charge in [0, 0.05) is 24.2 Å². The zero-order valence-electron chi connectivity index (χ0n) is 9.55. The molecule has 16 heavy (non-hydrogen) atoms. The standard InChI is InChI=1S/C10H17N3O2S/c1-11-9(4-3-7-16(2,14)15)10-5-6-12-8-13-10/h5-6,8-9,11H,3-4,7H2,1-2H3. The number of aromatic nitrogens is 2. The molecule has 0 bridgehead atoms. The fourth-order valence-corrected chi connectivity index (χ4v) is 2.19. The highest BCUT2D eigenvalue weighted by atomic mass is 32.2. The lowest BCUT2D eigenvalue weighted by Crippen LogP contribution is -2.18. The molecule has 0 amide bonds. The smallest absolute Gasteiger partial charge is 0.147 e. The molecule has 1 heterocycles. The third-order valence-electron chi connectivity index (χ3n) is 2.32. The molecule has 0 radical (unpaired) electrons. The first-order valence-corrected chi connectivity index (χ1v) is 7.20. The van der Waals surface area contributed by atoms with E-state index < -0.39 is 9.84 Å². The van der Waals surface area contributed by atoms with E-state index in [-0.39, 0.29) is 11.8 Å². The van der Waals surface area contributed by atoms with E-state index >= 15 is 0 Å². The van der Waals surface area contributed by atoms with Gasteiger partial charge in [-0.3, -0.25) is 0 Å². The molecule has 1 atom stereocenters. The van der Waals surface area contributed by atoms with Crippen LogP contribution in [0.15, 0.2) is 18.6 Å². The second kappa shape index (κ2) is 5.91. The van der Waals surface area contributed by atoms with Crippen molar-refractivity contribution >= 4 is 9.84 Å². The lowest BCUT2D eigenvalue weighted by atomic mass is 10.1. The molecule has 1 N–H and O–H groups in total. The first kappa shape index (κ1) is 13.1. The minimum atomic E-state index is -2.87. The molecule has 0 aromatic carbocycles. The molecule has 0 fully saturated rings. The Kier molecular flexibility index (Phi) is 4.82.